The van der Waals surface area contributed by atoms with Gasteiger partial charge in [-0.25, -0.2) is 0 Å². The SMILES string of the molecule is OCC1O[C@H](O)[C@@H](I)C(O)[C@@H]1O. The van der Waals surface area contributed by atoms with Crippen LogP contribution in [0.25, 0.3) is 0 Å². The second kappa shape index (κ2) is 4.16. The molecular weight excluding hydrogens is 279 g/mol. The van der Waals surface area contributed by atoms with Crippen molar-refractivity contribution in [3.8, 4) is 0 Å². The van der Waals surface area contributed by atoms with E-state index in [0.717, 1.165) is 0 Å². The standard InChI is InChI=1S/C6H11IO5/c7-3-5(10)4(9)2(1-8)12-6(3)11/h2-6,8-11H,1H2/t2?,3-,4+,5?,6-/m0/s1. The predicted octanol–water partition coefficient (Wildman–Crippen LogP) is -1.78. The summed E-state index contributed by atoms with van der Waals surface area (Å²) in [7, 11) is 0. The zero-order valence-electron chi connectivity index (χ0n) is 6.17. The van der Waals surface area contributed by atoms with Crippen LogP contribution in [0.15, 0.2) is 0 Å². The molecule has 0 aromatic rings. The van der Waals surface area contributed by atoms with Gasteiger partial charge in [0, 0.05) is 0 Å². The van der Waals surface area contributed by atoms with Crippen LogP contribution in [0.5, 0.6) is 0 Å². The lowest BCUT2D eigenvalue weighted by Crippen LogP contribution is -2.56. The molecule has 0 radical (unpaired) electrons. The molecule has 0 spiro atoms. The quantitative estimate of drug-likeness (QED) is 0.339. The maximum atomic E-state index is 9.31. The van der Waals surface area contributed by atoms with Gasteiger partial charge in [-0.3, -0.25) is 0 Å². The van der Waals surface area contributed by atoms with Crippen molar-refractivity contribution in [1.29, 1.82) is 0 Å². The van der Waals surface area contributed by atoms with E-state index in [9.17, 15) is 10.2 Å². The molecule has 72 valence electrons. The van der Waals surface area contributed by atoms with Crippen molar-refractivity contribution < 1.29 is 25.2 Å². The number of hydrogen-bond acceptors (Lipinski definition) is 5. The lowest BCUT2D eigenvalue weighted by molar-refractivity contribution is -0.231. The highest BCUT2D eigenvalue weighted by Crippen LogP contribution is 2.24. The first kappa shape index (κ1) is 10.6. The maximum Gasteiger partial charge on any atom is 0.169 e. The van der Waals surface area contributed by atoms with Gasteiger partial charge in [-0.2, -0.15) is 0 Å². The number of rotatable bonds is 1. The second-order valence-corrected chi connectivity index (χ2v) is 4.11. The largest absolute Gasteiger partial charge is 0.394 e. The fourth-order valence-corrected chi connectivity index (χ4v) is 1.66. The van der Waals surface area contributed by atoms with Crippen molar-refractivity contribution in [2.45, 2.75) is 28.5 Å². The Morgan fingerprint density at radius 3 is 2.25 bits per heavy atom. The molecule has 0 amide bonds. The average molecular weight is 290 g/mol. The number of aliphatic hydroxyl groups excluding tert-OH is 4. The van der Waals surface area contributed by atoms with E-state index in [-0.39, 0.29) is 0 Å². The Bertz CT molecular complexity index is 150. The molecule has 0 aromatic heterocycles. The number of alkyl halides is 1. The minimum atomic E-state index is -1.14. The third-order valence-corrected chi connectivity index (χ3v) is 3.18. The minimum absolute atomic E-state index is 0.418. The molecule has 0 aliphatic carbocycles. The average Bonchev–Trinajstić information content (AvgIpc) is 2.08. The Morgan fingerprint density at radius 2 is 1.75 bits per heavy atom. The highest BCUT2D eigenvalue weighted by atomic mass is 127. The van der Waals surface area contributed by atoms with Crippen LogP contribution in [-0.2, 0) is 4.74 Å². The van der Waals surface area contributed by atoms with Crippen LogP contribution >= 0.6 is 22.6 Å². The molecule has 4 N–H and O–H groups in total. The summed E-state index contributed by atoms with van der Waals surface area (Å²) in [6.45, 7) is -0.418. The maximum absolute atomic E-state index is 9.31. The summed E-state index contributed by atoms with van der Waals surface area (Å²) in [6.07, 6.45) is -4.24. The summed E-state index contributed by atoms with van der Waals surface area (Å²) in [4.78, 5) is 0. The molecule has 6 heteroatoms. The molecule has 1 fully saturated rings. The van der Waals surface area contributed by atoms with Crippen molar-refractivity contribution in [2.75, 3.05) is 6.61 Å². The van der Waals surface area contributed by atoms with Crippen molar-refractivity contribution >= 4 is 22.6 Å². The van der Waals surface area contributed by atoms with E-state index in [0.29, 0.717) is 0 Å². The topological polar surface area (TPSA) is 90.2 Å². The van der Waals surface area contributed by atoms with Gasteiger partial charge in [0.1, 0.15) is 12.2 Å². The molecule has 1 aliphatic heterocycles. The molecule has 0 aromatic carbocycles. The van der Waals surface area contributed by atoms with Gasteiger partial charge in [0.2, 0.25) is 0 Å². The number of halogens is 1. The Kier molecular flexibility index (Phi) is 3.68. The predicted molar refractivity (Wildman–Crippen MR) is 47.8 cm³/mol. The van der Waals surface area contributed by atoms with Gasteiger partial charge in [-0.15, -0.1) is 0 Å². The number of ether oxygens (including phenoxy) is 1. The van der Waals surface area contributed by atoms with E-state index in [1.54, 1.807) is 22.6 Å². The van der Waals surface area contributed by atoms with Crippen LogP contribution in [0.1, 0.15) is 0 Å². The summed E-state index contributed by atoms with van der Waals surface area (Å²) >= 11 is 1.78. The van der Waals surface area contributed by atoms with Crippen molar-refractivity contribution in [2.24, 2.45) is 0 Å². The molecule has 5 nitrogen and oxygen atoms in total. The van der Waals surface area contributed by atoms with E-state index in [2.05, 4.69) is 0 Å². The van der Waals surface area contributed by atoms with Gasteiger partial charge >= 0.3 is 0 Å². The lowest BCUT2D eigenvalue weighted by atomic mass is 10.0. The van der Waals surface area contributed by atoms with Gasteiger partial charge in [0.05, 0.1) is 16.6 Å². The summed E-state index contributed by atoms with van der Waals surface area (Å²) in [5.74, 6) is 0. The van der Waals surface area contributed by atoms with Crippen LogP contribution in [0.3, 0.4) is 0 Å². The van der Waals surface area contributed by atoms with E-state index in [1.165, 1.54) is 0 Å². The first-order chi connectivity index (χ1) is 5.57. The van der Waals surface area contributed by atoms with Crippen LogP contribution in [-0.4, -0.2) is 55.6 Å². The Hall–Kier alpha value is 0.530. The van der Waals surface area contributed by atoms with Gasteiger partial charge in [-0.05, 0) is 0 Å². The molecule has 1 saturated heterocycles. The number of aliphatic hydroxyl groups is 4. The molecule has 5 atom stereocenters. The molecule has 2 unspecified atom stereocenters. The van der Waals surface area contributed by atoms with E-state index >= 15 is 0 Å². The van der Waals surface area contributed by atoms with E-state index in [1.807, 2.05) is 0 Å². The monoisotopic (exact) mass is 290 g/mol. The smallest absolute Gasteiger partial charge is 0.169 e. The van der Waals surface area contributed by atoms with Gasteiger partial charge < -0.3 is 25.2 Å². The molecule has 1 heterocycles. The molecule has 12 heavy (non-hydrogen) atoms. The minimum Gasteiger partial charge on any atom is -0.394 e. The third kappa shape index (κ3) is 1.88. The fourth-order valence-electron chi connectivity index (χ4n) is 1.06. The van der Waals surface area contributed by atoms with Crippen LogP contribution in [0, 0.1) is 0 Å². The van der Waals surface area contributed by atoms with E-state index in [4.69, 9.17) is 14.9 Å². The zero-order chi connectivity index (χ0) is 9.30. The summed E-state index contributed by atoms with van der Waals surface area (Å²) in [5, 5.41) is 36.4. The van der Waals surface area contributed by atoms with Crippen molar-refractivity contribution in [3.63, 3.8) is 0 Å². The normalized spacial score (nSPS) is 49.2. The molecule has 1 rings (SSSR count). The summed E-state index contributed by atoms with van der Waals surface area (Å²) in [5.41, 5.74) is 0. The molecular formula is C6H11IO5. The van der Waals surface area contributed by atoms with Gasteiger partial charge in [0.25, 0.3) is 0 Å². The highest BCUT2D eigenvalue weighted by molar-refractivity contribution is 14.1. The summed E-state index contributed by atoms with van der Waals surface area (Å²) < 4.78 is 4.25. The van der Waals surface area contributed by atoms with Crippen LogP contribution in [0.2, 0.25) is 0 Å². The summed E-state index contributed by atoms with van der Waals surface area (Å²) in [6, 6.07) is 0. The van der Waals surface area contributed by atoms with Crippen molar-refractivity contribution in [3.05, 3.63) is 0 Å². The lowest BCUT2D eigenvalue weighted by Gasteiger charge is -2.37. The van der Waals surface area contributed by atoms with Crippen LogP contribution < -0.4 is 0 Å². The number of hydrogen-bond donors (Lipinski definition) is 4. The van der Waals surface area contributed by atoms with E-state index < -0.39 is 35.1 Å². The van der Waals surface area contributed by atoms with Gasteiger partial charge in [-0.1, -0.05) is 22.6 Å². The first-order valence-electron chi connectivity index (χ1n) is 3.52. The van der Waals surface area contributed by atoms with Crippen molar-refractivity contribution in [1.82, 2.24) is 0 Å². The third-order valence-electron chi connectivity index (χ3n) is 1.82. The van der Waals surface area contributed by atoms with Crippen LogP contribution in [0.4, 0.5) is 0 Å². The Labute approximate surface area is 83.1 Å². The Morgan fingerprint density at radius 1 is 1.17 bits per heavy atom. The Balaban J connectivity index is 2.63. The molecule has 0 saturated carbocycles. The zero-order valence-corrected chi connectivity index (χ0v) is 8.33. The fraction of sp³-hybridized carbons (Fsp3) is 1.00. The second-order valence-electron chi connectivity index (χ2n) is 2.67. The van der Waals surface area contributed by atoms with Gasteiger partial charge in [0.15, 0.2) is 6.29 Å². The highest BCUT2D eigenvalue weighted by Gasteiger charge is 2.41. The first-order valence-corrected chi connectivity index (χ1v) is 4.77. The molecule has 1 aliphatic rings. The molecule has 0 bridgehead atoms.